The summed E-state index contributed by atoms with van der Waals surface area (Å²) in [5.74, 6) is 2.00. The van der Waals surface area contributed by atoms with Gasteiger partial charge in [0.1, 0.15) is 17.4 Å². The van der Waals surface area contributed by atoms with Gasteiger partial charge in [-0.3, -0.25) is 4.79 Å². The van der Waals surface area contributed by atoms with Crippen molar-refractivity contribution >= 4 is 22.8 Å². The van der Waals surface area contributed by atoms with Crippen molar-refractivity contribution in [3.63, 3.8) is 0 Å². The lowest BCUT2D eigenvalue weighted by Gasteiger charge is -2.35. The van der Waals surface area contributed by atoms with Crippen molar-refractivity contribution in [2.24, 2.45) is 5.92 Å². The molecule has 2 heterocycles. The predicted octanol–water partition coefficient (Wildman–Crippen LogP) is 3.68. The summed E-state index contributed by atoms with van der Waals surface area (Å²) in [5, 5.41) is 7.64. The summed E-state index contributed by atoms with van der Waals surface area (Å²) in [6.45, 7) is 5.59. The van der Waals surface area contributed by atoms with Crippen molar-refractivity contribution < 1.29 is 14.3 Å². The predicted molar refractivity (Wildman–Crippen MR) is 117 cm³/mol. The molecule has 1 aliphatic carbocycles. The molecule has 30 heavy (non-hydrogen) atoms. The van der Waals surface area contributed by atoms with E-state index in [2.05, 4.69) is 22.5 Å². The van der Waals surface area contributed by atoms with Crippen LogP contribution in [0, 0.1) is 5.92 Å². The molecule has 7 heteroatoms. The molecule has 1 saturated heterocycles. The molecule has 1 aromatic heterocycles. The van der Waals surface area contributed by atoms with Crippen LogP contribution in [0.1, 0.15) is 52.4 Å². The standard InChI is InChI=1S/C23H32N4O3/c1-3-21(28)26-19-8-7-17(13-15(19)2)25-23-24-14-16-5-4-6-20(22(16)27-23)30-18-9-11-29-12-10-18/h4-6,14-15,17-19H,3,7-13H2,1-2H3,(H,26,28)(H,24,25,27). The number of ether oxygens (including phenoxy) is 2. The number of anilines is 1. The molecule has 2 aliphatic rings. The largest absolute Gasteiger partial charge is 0.488 e. The van der Waals surface area contributed by atoms with Crippen LogP contribution in [-0.4, -0.2) is 47.3 Å². The Morgan fingerprint density at radius 3 is 2.83 bits per heavy atom. The molecule has 0 spiro atoms. The van der Waals surface area contributed by atoms with Crippen molar-refractivity contribution in [2.45, 2.75) is 70.6 Å². The smallest absolute Gasteiger partial charge is 0.223 e. The molecule has 1 aliphatic heterocycles. The van der Waals surface area contributed by atoms with E-state index in [0.29, 0.717) is 24.3 Å². The van der Waals surface area contributed by atoms with Crippen molar-refractivity contribution in [1.29, 1.82) is 0 Å². The number of nitrogens with one attached hydrogen (secondary N) is 2. The Bertz CT molecular complexity index is 869. The second kappa shape index (κ2) is 9.60. The van der Waals surface area contributed by atoms with E-state index in [1.165, 1.54) is 0 Å². The lowest BCUT2D eigenvalue weighted by Crippen LogP contribution is -2.45. The third-order valence-corrected chi connectivity index (χ3v) is 6.21. The van der Waals surface area contributed by atoms with Gasteiger partial charge in [-0.25, -0.2) is 9.97 Å². The Kier molecular flexibility index (Phi) is 6.67. The maximum absolute atomic E-state index is 11.7. The first-order chi connectivity index (χ1) is 14.6. The molecule has 1 amide bonds. The summed E-state index contributed by atoms with van der Waals surface area (Å²) in [6.07, 6.45) is 7.31. The van der Waals surface area contributed by atoms with E-state index in [9.17, 15) is 4.79 Å². The lowest BCUT2D eigenvalue weighted by molar-refractivity contribution is -0.122. The van der Waals surface area contributed by atoms with Crippen LogP contribution in [0.15, 0.2) is 24.4 Å². The number of benzene rings is 1. The fraction of sp³-hybridized carbons (Fsp3) is 0.609. The van der Waals surface area contributed by atoms with E-state index in [1.807, 2.05) is 31.3 Å². The Balaban J connectivity index is 1.43. The quantitative estimate of drug-likeness (QED) is 0.753. The Morgan fingerprint density at radius 1 is 1.23 bits per heavy atom. The average Bonchev–Trinajstić information content (AvgIpc) is 2.76. The molecule has 2 fully saturated rings. The van der Waals surface area contributed by atoms with E-state index in [-0.39, 0.29) is 18.1 Å². The monoisotopic (exact) mass is 412 g/mol. The summed E-state index contributed by atoms with van der Waals surface area (Å²) in [4.78, 5) is 21.1. The molecule has 7 nitrogen and oxygen atoms in total. The van der Waals surface area contributed by atoms with Gasteiger partial charge in [0.25, 0.3) is 0 Å². The molecule has 3 atom stereocenters. The highest BCUT2D eigenvalue weighted by atomic mass is 16.5. The SMILES string of the molecule is CCC(=O)NC1CCC(Nc2ncc3cccc(OC4CCOCC4)c3n2)CC1C. The average molecular weight is 413 g/mol. The van der Waals surface area contributed by atoms with Gasteiger partial charge in [-0.05, 0) is 31.2 Å². The number of rotatable bonds is 6. The van der Waals surface area contributed by atoms with E-state index < -0.39 is 0 Å². The summed E-state index contributed by atoms with van der Waals surface area (Å²) in [6, 6.07) is 6.54. The first kappa shape index (κ1) is 20.8. The first-order valence-electron chi connectivity index (χ1n) is 11.2. The Labute approximate surface area is 178 Å². The van der Waals surface area contributed by atoms with Crippen LogP contribution < -0.4 is 15.4 Å². The molecular formula is C23H32N4O3. The molecule has 4 rings (SSSR count). The second-order valence-electron chi connectivity index (χ2n) is 8.48. The maximum Gasteiger partial charge on any atom is 0.223 e. The topological polar surface area (TPSA) is 85.4 Å². The van der Waals surface area contributed by atoms with Crippen LogP contribution in [0.2, 0.25) is 0 Å². The summed E-state index contributed by atoms with van der Waals surface area (Å²) < 4.78 is 11.7. The van der Waals surface area contributed by atoms with Crippen LogP contribution in [0.5, 0.6) is 5.75 Å². The molecule has 0 bridgehead atoms. The van der Waals surface area contributed by atoms with Gasteiger partial charge in [0.05, 0.1) is 13.2 Å². The summed E-state index contributed by atoms with van der Waals surface area (Å²) in [5.41, 5.74) is 0.846. The van der Waals surface area contributed by atoms with Gasteiger partial charge >= 0.3 is 0 Å². The van der Waals surface area contributed by atoms with Crippen molar-refractivity contribution in [3.8, 4) is 5.75 Å². The number of amides is 1. The van der Waals surface area contributed by atoms with E-state index in [0.717, 1.165) is 62.0 Å². The zero-order valence-electron chi connectivity index (χ0n) is 17.9. The minimum Gasteiger partial charge on any atom is -0.488 e. The molecular weight excluding hydrogens is 380 g/mol. The lowest BCUT2D eigenvalue weighted by atomic mass is 9.82. The summed E-state index contributed by atoms with van der Waals surface area (Å²) in [7, 11) is 0. The van der Waals surface area contributed by atoms with Crippen molar-refractivity contribution in [2.75, 3.05) is 18.5 Å². The van der Waals surface area contributed by atoms with E-state index in [1.54, 1.807) is 0 Å². The van der Waals surface area contributed by atoms with Gasteiger partial charge in [0.15, 0.2) is 0 Å². The highest BCUT2D eigenvalue weighted by molar-refractivity contribution is 5.84. The van der Waals surface area contributed by atoms with E-state index in [4.69, 9.17) is 14.5 Å². The number of hydrogen-bond acceptors (Lipinski definition) is 6. The number of hydrogen-bond donors (Lipinski definition) is 2. The highest BCUT2D eigenvalue weighted by Crippen LogP contribution is 2.29. The van der Waals surface area contributed by atoms with Gasteiger partial charge in [0, 0.05) is 42.9 Å². The number of carbonyl (C=O) groups excluding carboxylic acids is 1. The van der Waals surface area contributed by atoms with Gasteiger partial charge in [-0.2, -0.15) is 0 Å². The third-order valence-electron chi connectivity index (χ3n) is 6.21. The van der Waals surface area contributed by atoms with Crippen LogP contribution in [-0.2, 0) is 9.53 Å². The molecule has 0 radical (unpaired) electrons. The minimum absolute atomic E-state index is 0.133. The molecule has 162 valence electrons. The molecule has 3 unspecified atom stereocenters. The van der Waals surface area contributed by atoms with Crippen LogP contribution in [0.25, 0.3) is 10.9 Å². The van der Waals surface area contributed by atoms with Crippen LogP contribution >= 0.6 is 0 Å². The van der Waals surface area contributed by atoms with Crippen LogP contribution in [0.4, 0.5) is 5.95 Å². The highest BCUT2D eigenvalue weighted by Gasteiger charge is 2.28. The normalized spacial score (nSPS) is 25.1. The summed E-state index contributed by atoms with van der Waals surface area (Å²) >= 11 is 0. The zero-order chi connectivity index (χ0) is 20.9. The van der Waals surface area contributed by atoms with Gasteiger partial charge < -0.3 is 20.1 Å². The third kappa shape index (κ3) is 5.01. The van der Waals surface area contributed by atoms with Gasteiger partial charge in [-0.1, -0.05) is 26.0 Å². The van der Waals surface area contributed by atoms with Gasteiger partial charge in [0.2, 0.25) is 11.9 Å². The maximum atomic E-state index is 11.7. The number of para-hydroxylation sites is 1. The van der Waals surface area contributed by atoms with E-state index >= 15 is 0 Å². The molecule has 1 aromatic carbocycles. The van der Waals surface area contributed by atoms with Gasteiger partial charge in [-0.15, -0.1) is 0 Å². The van der Waals surface area contributed by atoms with Crippen molar-refractivity contribution in [3.05, 3.63) is 24.4 Å². The number of nitrogens with zero attached hydrogens (tertiary/aromatic N) is 2. The number of aromatic nitrogens is 2. The van der Waals surface area contributed by atoms with Crippen molar-refractivity contribution in [1.82, 2.24) is 15.3 Å². The Hall–Kier alpha value is -2.41. The molecule has 2 aromatic rings. The zero-order valence-corrected chi connectivity index (χ0v) is 17.9. The first-order valence-corrected chi connectivity index (χ1v) is 11.2. The molecule has 1 saturated carbocycles. The van der Waals surface area contributed by atoms with Crippen LogP contribution in [0.3, 0.4) is 0 Å². The Morgan fingerprint density at radius 2 is 2.07 bits per heavy atom. The second-order valence-corrected chi connectivity index (χ2v) is 8.48. The fourth-order valence-corrected chi connectivity index (χ4v) is 4.40. The number of fused-ring (bicyclic) bond motifs is 1. The molecule has 2 N–H and O–H groups in total. The fourth-order valence-electron chi connectivity index (χ4n) is 4.40. The number of carbonyl (C=O) groups is 1. The minimum atomic E-state index is 0.133.